The van der Waals surface area contributed by atoms with Gasteiger partial charge in [-0.25, -0.2) is 4.79 Å². The molecule has 1 heterocycles. The minimum Gasteiger partial charge on any atom is -0.335 e. The number of hydrogen-bond donors (Lipinski definition) is 2. The van der Waals surface area contributed by atoms with Crippen LogP contribution in [0.15, 0.2) is 24.3 Å². The highest BCUT2D eigenvalue weighted by Gasteiger charge is 2.22. The van der Waals surface area contributed by atoms with Crippen molar-refractivity contribution < 1.29 is 4.79 Å². The van der Waals surface area contributed by atoms with Crippen molar-refractivity contribution in [1.82, 2.24) is 15.5 Å². The van der Waals surface area contributed by atoms with E-state index in [0.717, 1.165) is 44.5 Å². The molecule has 1 aromatic carbocycles. The second kappa shape index (κ2) is 9.28. The Morgan fingerprint density at radius 3 is 2.62 bits per heavy atom. The maximum absolute atomic E-state index is 12.3. The molecule has 0 saturated carbocycles. The topological polar surface area (TPSA) is 44.4 Å². The van der Waals surface area contributed by atoms with Crippen molar-refractivity contribution in [2.45, 2.75) is 52.1 Å². The van der Waals surface area contributed by atoms with Crippen molar-refractivity contribution in [3.63, 3.8) is 0 Å². The van der Waals surface area contributed by atoms with Crippen LogP contribution in [-0.2, 0) is 0 Å². The molecule has 0 radical (unpaired) electrons. The minimum atomic E-state index is -0.0795. The highest BCUT2D eigenvalue weighted by atomic mass is 35.5. The maximum atomic E-state index is 12.3. The lowest BCUT2D eigenvalue weighted by atomic mass is 10.0. The van der Waals surface area contributed by atoms with Crippen LogP contribution in [0.25, 0.3) is 0 Å². The smallest absolute Gasteiger partial charge is 0.315 e. The zero-order valence-electron chi connectivity index (χ0n) is 15.0. The molecule has 0 aliphatic carbocycles. The number of carbonyl (C=O) groups excluding carboxylic acids is 1. The molecule has 0 unspecified atom stereocenters. The average molecular weight is 352 g/mol. The van der Waals surface area contributed by atoms with E-state index in [-0.39, 0.29) is 18.1 Å². The van der Waals surface area contributed by atoms with Gasteiger partial charge in [0, 0.05) is 30.7 Å². The number of benzene rings is 1. The number of piperidine rings is 1. The van der Waals surface area contributed by atoms with Gasteiger partial charge in [-0.3, -0.25) is 0 Å². The molecule has 4 nitrogen and oxygen atoms in total. The number of rotatable bonds is 6. The molecule has 1 fully saturated rings. The summed E-state index contributed by atoms with van der Waals surface area (Å²) in [4.78, 5) is 14.8. The Morgan fingerprint density at radius 1 is 1.33 bits per heavy atom. The van der Waals surface area contributed by atoms with E-state index in [4.69, 9.17) is 11.6 Å². The standard InChI is InChI=1S/C19H30ClN3O/c1-4-18(15-6-5-7-16(20)12-15)22-19(24)21-17-8-10-23(11-9-17)13-14(2)3/h5-7,12,14,17-18H,4,8-11,13H2,1-3H3,(H2,21,22,24)/t18-/m0/s1. The third-order valence-electron chi connectivity index (χ3n) is 4.51. The molecule has 1 aliphatic heterocycles. The molecule has 5 heteroatoms. The first-order valence-electron chi connectivity index (χ1n) is 9.02. The van der Waals surface area contributed by atoms with Crippen LogP contribution < -0.4 is 10.6 Å². The third kappa shape index (κ3) is 5.99. The normalized spacial score (nSPS) is 17.7. The van der Waals surface area contributed by atoms with E-state index in [0.29, 0.717) is 10.9 Å². The molecule has 1 aliphatic rings. The van der Waals surface area contributed by atoms with Gasteiger partial charge >= 0.3 is 6.03 Å². The fourth-order valence-corrected chi connectivity index (χ4v) is 3.50. The first kappa shape index (κ1) is 19.1. The predicted octanol–water partition coefficient (Wildman–Crippen LogP) is 4.21. The first-order valence-corrected chi connectivity index (χ1v) is 9.40. The van der Waals surface area contributed by atoms with Gasteiger partial charge in [-0.05, 0) is 42.9 Å². The lowest BCUT2D eigenvalue weighted by Gasteiger charge is -2.33. The monoisotopic (exact) mass is 351 g/mol. The predicted molar refractivity (Wildman–Crippen MR) is 100 cm³/mol. The Kier molecular flexibility index (Phi) is 7.38. The lowest BCUT2D eigenvalue weighted by molar-refractivity contribution is 0.177. The molecule has 1 aromatic rings. The van der Waals surface area contributed by atoms with E-state index in [1.165, 1.54) is 0 Å². The Balaban J connectivity index is 1.80. The van der Waals surface area contributed by atoms with Crippen molar-refractivity contribution >= 4 is 17.6 Å². The summed E-state index contributed by atoms with van der Waals surface area (Å²) in [6.07, 6.45) is 2.88. The van der Waals surface area contributed by atoms with E-state index < -0.39 is 0 Å². The largest absolute Gasteiger partial charge is 0.335 e. The van der Waals surface area contributed by atoms with Crippen molar-refractivity contribution in [3.05, 3.63) is 34.9 Å². The van der Waals surface area contributed by atoms with Crippen LogP contribution in [0.2, 0.25) is 5.02 Å². The summed E-state index contributed by atoms with van der Waals surface area (Å²) in [5.41, 5.74) is 1.05. The SMILES string of the molecule is CC[C@H](NC(=O)NC1CCN(CC(C)C)CC1)c1cccc(Cl)c1. The number of carbonyl (C=O) groups is 1. The summed E-state index contributed by atoms with van der Waals surface area (Å²) in [5.74, 6) is 0.695. The Labute approximate surface area is 150 Å². The van der Waals surface area contributed by atoms with Crippen molar-refractivity contribution in [2.75, 3.05) is 19.6 Å². The van der Waals surface area contributed by atoms with Gasteiger partial charge in [-0.2, -0.15) is 0 Å². The summed E-state index contributed by atoms with van der Waals surface area (Å²) in [6.45, 7) is 9.84. The quantitative estimate of drug-likeness (QED) is 0.806. The summed E-state index contributed by atoms with van der Waals surface area (Å²) in [5, 5.41) is 6.91. The van der Waals surface area contributed by atoms with E-state index in [9.17, 15) is 4.79 Å². The van der Waals surface area contributed by atoms with Gasteiger partial charge < -0.3 is 15.5 Å². The van der Waals surface area contributed by atoms with Gasteiger partial charge in [-0.15, -0.1) is 0 Å². The Morgan fingerprint density at radius 2 is 2.04 bits per heavy atom. The van der Waals surface area contributed by atoms with Crippen molar-refractivity contribution in [3.8, 4) is 0 Å². The fourth-order valence-electron chi connectivity index (χ4n) is 3.31. The highest BCUT2D eigenvalue weighted by Crippen LogP contribution is 2.20. The number of halogens is 1. The molecule has 0 aromatic heterocycles. The number of urea groups is 1. The molecule has 1 atom stereocenters. The molecule has 134 valence electrons. The molecule has 0 spiro atoms. The second-order valence-electron chi connectivity index (χ2n) is 7.10. The average Bonchev–Trinajstić information content (AvgIpc) is 2.54. The van der Waals surface area contributed by atoms with Gasteiger partial charge in [0.25, 0.3) is 0 Å². The molecule has 2 amide bonds. The van der Waals surface area contributed by atoms with E-state index in [2.05, 4.69) is 36.3 Å². The number of likely N-dealkylation sites (tertiary alicyclic amines) is 1. The Hall–Kier alpha value is -1.26. The molecule has 24 heavy (non-hydrogen) atoms. The van der Waals surface area contributed by atoms with Crippen LogP contribution in [0.5, 0.6) is 0 Å². The minimum absolute atomic E-state index is 0.00951. The summed E-state index contributed by atoms with van der Waals surface area (Å²) in [6, 6.07) is 7.87. The van der Waals surface area contributed by atoms with E-state index in [1.807, 2.05) is 24.3 Å². The number of nitrogens with zero attached hydrogens (tertiary/aromatic N) is 1. The van der Waals surface area contributed by atoms with Crippen molar-refractivity contribution in [2.24, 2.45) is 5.92 Å². The van der Waals surface area contributed by atoms with Crippen LogP contribution in [0, 0.1) is 5.92 Å². The van der Waals surface area contributed by atoms with E-state index in [1.54, 1.807) is 0 Å². The van der Waals surface area contributed by atoms with Gasteiger partial charge in [-0.1, -0.05) is 44.5 Å². The number of amides is 2. The van der Waals surface area contributed by atoms with Crippen LogP contribution >= 0.6 is 11.6 Å². The van der Waals surface area contributed by atoms with E-state index >= 15 is 0 Å². The summed E-state index contributed by atoms with van der Waals surface area (Å²) >= 11 is 6.05. The van der Waals surface area contributed by atoms with Gasteiger partial charge in [0.2, 0.25) is 0 Å². The zero-order valence-corrected chi connectivity index (χ0v) is 15.8. The first-order chi connectivity index (χ1) is 11.5. The lowest BCUT2D eigenvalue weighted by Crippen LogP contribution is -2.49. The molecule has 1 saturated heterocycles. The molecular formula is C19H30ClN3O. The fraction of sp³-hybridized carbons (Fsp3) is 0.632. The van der Waals surface area contributed by atoms with Gasteiger partial charge in [0.15, 0.2) is 0 Å². The summed E-state index contributed by atoms with van der Waals surface area (Å²) in [7, 11) is 0. The maximum Gasteiger partial charge on any atom is 0.315 e. The van der Waals surface area contributed by atoms with Crippen LogP contribution in [-0.4, -0.2) is 36.6 Å². The van der Waals surface area contributed by atoms with Crippen LogP contribution in [0.3, 0.4) is 0 Å². The number of nitrogens with one attached hydrogen (secondary N) is 2. The van der Waals surface area contributed by atoms with Crippen molar-refractivity contribution in [1.29, 1.82) is 0 Å². The highest BCUT2D eigenvalue weighted by molar-refractivity contribution is 6.30. The Bertz CT molecular complexity index is 527. The summed E-state index contributed by atoms with van der Waals surface area (Å²) < 4.78 is 0. The molecular weight excluding hydrogens is 322 g/mol. The van der Waals surface area contributed by atoms with Crippen LogP contribution in [0.1, 0.15) is 51.6 Å². The molecule has 2 N–H and O–H groups in total. The number of hydrogen-bond acceptors (Lipinski definition) is 2. The zero-order chi connectivity index (χ0) is 17.5. The van der Waals surface area contributed by atoms with Gasteiger partial charge in [0.05, 0.1) is 6.04 Å². The third-order valence-corrected chi connectivity index (χ3v) is 4.75. The van der Waals surface area contributed by atoms with Crippen LogP contribution in [0.4, 0.5) is 4.79 Å². The molecule has 0 bridgehead atoms. The van der Waals surface area contributed by atoms with Gasteiger partial charge in [0.1, 0.15) is 0 Å². The second-order valence-corrected chi connectivity index (χ2v) is 7.54. The molecule has 2 rings (SSSR count).